The second kappa shape index (κ2) is 9.27. The monoisotopic (exact) mass is 382 g/mol. The average molecular weight is 382 g/mol. The Labute approximate surface area is 164 Å². The predicted octanol–water partition coefficient (Wildman–Crippen LogP) is 2.49. The van der Waals surface area contributed by atoms with Gasteiger partial charge in [0.1, 0.15) is 23.4 Å². The molecule has 1 aromatic carbocycles. The number of methoxy groups -OCH3 is 1. The highest BCUT2D eigenvalue weighted by molar-refractivity contribution is 5.95. The van der Waals surface area contributed by atoms with Crippen molar-refractivity contribution < 1.29 is 9.53 Å². The Morgan fingerprint density at radius 2 is 2.11 bits per heavy atom. The predicted molar refractivity (Wildman–Crippen MR) is 108 cm³/mol. The number of carbonyl (C=O) groups excluding carboxylic acids is 1. The lowest BCUT2D eigenvalue weighted by Gasteiger charge is -2.17. The molecule has 2 heterocycles. The average Bonchev–Trinajstić information content (AvgIpc) is 3.17. The minimum Gasteiger partial charge on any atom is -0.496 e. The SMILES string of the molecule is CCN(CC)CCCNC(=O)c1ccc(-c2nc3ncncc3[nH]2)c(OC)c1. The van der Waals surface area contributed by atoms with Crippen molar-refractivity contribution >= 4 is 17.1 Å². The maximum absolute atomic E-state index is 12.5. The molecule has 8 nitrogen and oxygen atoms in total. The van der Waals surface area contributed by atoms with E-state index >= 15 is 0 Å². The molecular formula is C20H26N6O2. The summed E-state index contributed by atoms with van der Waals surface area (Å²) >= 11 is 0. The zero-order valence-corrected chi connectivity index (χ0v) is 16.5. The number of hydrogen-bond donors (Lipinski definition) is 2. The second-order valence-corrected chi connectivity index (χ2v) is 6.40. The smallest absolute Gasteiger partial charge is 0.251 e. The molecule has 148 valence electrons. The summed E-state index contributed by atoms with van der Waals surface area (Å²) in [6.45, 7) is 7.95. The van der Waals surface area contributed by atoms with Crippen LogP contribution in [0.3, 0.4) is 0 Å². The van der Waals surface area contributed by atoms with Crippen LogP contribution in [0.4, 0.5) is 0 Å². The van der Waals surface area contributed by atoms with Gasteiger partial charge in [0, 0.05) is 12.1 Å². The first kappa shape index (κ1) is 19.8. The first-order valence-corrected chi connectivity index (χ1v) is 9.51. The number of amides is 1. The number of carbonyl (C=O) groups is 1. The van der Waals surface area contributed by atoms with Gasteiger partial charge in [0.05, 0.1) is 18.9 Å². The van der Waals surface area contributed by atoms with Crippen LogP contribution in [0.25, 0.3) is 22.6 Å². The van der Waals surface area contributed by atoms with Crippen molar-refractivity contribution in [1.29, 1.82) is 0 Å². The molecule has 0 aliphatic rings. The van der Waals surface area contributed by atoms with Crippen molar-refractivity contribution in [2.24, 2.45) is 0 Å². The molecule has 0 unspecified atom stereocenters. The third kappa shape index (κ3) is 4.45. The Hall–Kier alpha value is -3.00. The van der Waals surface area contributed by atoms with Crippen LogP contribution < -0.4 is 10.1 Å². The molecule has 2 N–H and O–H groups in total. The van der Waals surface area contributed by atoms with E-state index in [1.165, 1.54) is 6.33 Å². The fourth-order valence-electron chi connectivity index (χ4n) is 3.06. The number of nitrogens with zero attached hydrogens (tertiary/aromatic N) is 4. The number of nitrogens with one attached hydrogen (secondary N) is 2. The minimum absolute atomic E-state index is 0.111. The maximum atomic E-state index is 12.5. The fraction of sp³-hybridized carbons (Fsp3) is 0.400. The van der Waals surface area contributed by atoms with E-state index in [0.717, 1.165) is 37.1 Å². The molecule has 0 bridgehead atoms. The molecule has 8 heteroatoms. The first-order chi connectivity index (χ1) is 13.7. The number of fused-ring (bicyclic) bond motifs is 1. The third-order valence-electron chi connectivity index (χ3n) is 4.71. The van der Waals surface area contributed by atoms with Crippen molar-refractivity contribution in [3.63, 3.8) is 0 Å². The number of H-pyrrole nitrogens is 1. The van der Waals surface area contributed by atoms with E-state index in [1.54, 1.807) is 25.4 Å². The molecule has 0 radical (unpaired) electrons. The van der Waals surface area contributed by atoms with Crippen molar-refractivity contribution in [2.75, 3.05) is 33.3 Å². The lowest BCUT2D eigenvalue weighted by Crippen LogP contribution is -2.29. The lowest BCUT2D eigenvalue weighted by molar-refractivity contribution is 0.0951. The topological polar surface area (TPSA) is 96.0 Å². The number of imidazole rings is 1. The lowest BCUT2D eigenvalue weighted by atomic mass is 10.1. The Morgan fingerprint density at radius 1 is 1.29 bits per heavy atom. The summed E-state index contributed by atoms with van der Waals surface area (Å²) in [5.74, 6) is 1.08. The third-order valence-corrected chi connectivity index (χ3v) is 4.71. The van der Waals surface area contributed by atoms with Gasteiger partial charge in [-0.2, -0.15) is 0 Å². The van der Waals surface area contributed by atoms with Gasteiger partial charge >= 0.3 is 0 Å². The maximum Gasteiger partial charge on any atom is 0.251 e. The van der Waals surface area contributed by atoms with Crippen LogP contribution in [0.1, 0.15) is 30.6 Å². The number of rotatable bonds is 9. The Balaban J connectivity index is 1.69. The molecule has 1 amide bonds. The summed E-state index contributed by atoms with van der Waals surface area (Å²) < 4.78 is 5.49. The molecule has 0 spiro atoms. The number of benzene rings is 1. The van der Waals surface area contributed by atoms with Crippen molar-refractivity contribution in [3.05, 3.63) is 36.3 Å². The van der Waals surface area contributed by atoms with E-state index in [4.69, 9.17) is 4.74 Å². The quantitative estimate of drug-likeness (QED) is 0.552. The van der Waals surface area contributed by atoms with Gasteiger partial charge in [-0.1, -0.05) is 13.8 Å². The summed E-state index contributed by atoms with van der Waals surface area (Å²) in [5.41, 5.74) is 2.65. The van der Waals surface area contributed by atoms with E-state index in [2.05, 4.69) is 44.0 Å². The van der Waals surface area contributed by atoms with Crippen LogP contribution in [0.15, 0.2) is 30.7 Å². The highest BCUT2D eigenvalue weighted by Gasteiger charge is 2.14. The number of aromatic nitrogens is 4. The summed E-state index contributed by atoms with van der Waals surface area (Å²) in [7, 11) is 1.58. The Morgan fingerprint density at radius 3 is 2.82 bits per heavy atom. The van der Waals surface area contributed by atoms with Crippen LogP contribution in [-0.4, -0.2) is 64.0 Å². The van der Waals surface area contributed by atoms with E-state index < -0.39 is 0 Å². The van der Waals surface area contributed by atoms with E-state index in [9.17, 15) is 4.79 Å². The van der Waals surface area contributed by atoms with Gasteiger partial charge in [-0.05, 0) is 44.3 Å². The van der Waals surface area contributed by atoms with Crippen molar-refractivity contribution in [3.8, 4) is 17.1 Å². The molecule has 0 aliphatic heterocycles. The molecule has 2 aromatic heterocycles. The van der Waals surface area contributed by atoms with Crippen LogP contribution in [0, 0.1) is 0 Å². The van der Waals surface area contributed by atoms with Gasteiger partial charge < -0.3 is 19.9 Å². The van der Waals surface area contributed by atoms with E-state index in [1.807, 2.05) is 6.07 Å². The van der Waals surface area contributed by atoms with Gasteiger partial charge in [0.15, 0.2) is 5.65 Å². The highest BCUT2D eigenvalue weighted by atomic mass is 16.5. The van der Waals surface area contributed by atoms with Crippen LogP contribution in [0.2, 0.25) is 0 Å². The van der Waals surface area contributed by atoms with Crippen molar-refractivity contribution in [2.45, 2.75) is 20.3 Å². The van der Waals surface area contributed by atoms with Gasteiger partial charge in [-0.15, -0.1) is 0 Å². The molecule has 0 aliphatic carbocycles. The molecule has 0 fully saturated rings. The first-order valence-electron chi connectivity index (χ1n) is 9.51. The number of hydrogen-bond acceptors (Lipinski definition) is 6. The van der Waals surface area contributed by atoms with Crippen molar-refractivity contribution in [1.82, 2.24) is 30.2 Å². The minimum atomic E-state index is -0.111. The number of aromatic amines is 1. The molecule has 0 atom stereocenters. The zero-order chi connectivity index (χ0) is 19.9. The van der Waals surface area contributed by atoms with E-state index in [0.29, 0.717) is 29.3 Å². The molecule has 0 saturated carbocycles. The second-order valence-electron chi connectivity index (χ2n) is 6.40. The van der Waals surface area contributed by atoms with Crippen LogP contribution >= 0.6 is 0 Å². The molecule has 3 aromatic rings. The van der Waals surface area contributed by atoms with Crippen LogP contribution in [-0.2, 0) is 0 Å². The largest absolute Gasteiger partial charge is 0.496 e. The Kier molecular flexibility index (Phi) is 6.54. The normalized spacial score (nSPS) is 11.1. The summed E-state index contributed by atoms with van der Waals surface area (Å²) in [4.78, 5) is 30.6. The van der Waals surface area contributed by atoms with Gasteiger partial charge in [-0.3, -0.25) is 4.79 Å². The van der Waals surface area contributed by atoms with E-state index in [-0.39, 0.29) is 5.91 Å². The van der Waals surface area contributed by atoms with Crippen LogP contribution in [0.5, 0.6) is 5.75 Å². The molecule has 28 heavy (non-hydrogen) atoms. The van der Waals surface area contributed by atoms with Gasteiger partial charge in [-0.25, -0.2) is 15.0 Å². The summed E-state index contributed by atoms with van der Waals surface area (Å²) in [5, 5.41) is 2.97. The summed E-state index contributed by atoms with van der Waals surface area (Å²) in [6.07, 6.45) is 4.05. The van der Waals surface area contributed by atoms with Gasteiger partial charge in [0.25, 0.3) is 5.91 Å². The molecular weight excluding hydrogens is 356 g/mol. The Bertz CT molecular complexity index is 902. The number of ether oxygens (including phenoxy) is 1. The highest BCUT2D eigenvalue weighted by Crippen LogP contribution is 2.30. The van der Waals surface area contributed by atoms with Gasteiger partial charge in [0.2, 0.25) is 0 Å². The standard InChI is InChI=1S/C20H26N6O2/c1-4-26(5-2)10-6-9-22-20(27)14-7-8-15(17(11-14)28-3)18-24-16-12-21-13-23-19(16)25-18/h7-8,11-13H,4-6,9-10H2,1-3H3,(H,22,27)(H,21,23,24,25). The molecule has 0 saturated heterocycles. The summed E-state index contributed by atoms with van der Waals surface area (Å²) in [6, 6.07) is 5.33. The fourth-order valence-corrected chi connectivity index (χ4v) is 3.06. The molecule has 3 rings (SSSR count). The zero-order valence-electron chi connectivity index (χ0n) is 16.5.